The molecule has 146 valence electrons. The van der Waals surface area contributed by atoms with Gasteiger partial charge < -0.3 is 4.74 Å². The van der Waals surface area contributed by atoms with E-state index in [9.17, 15) is 17.2 Å². The monoisotopic (exact) mass is 404 g/mol. The second-order valence-electron chi connectivity index (χ2n) is 6.79. The van der Waals surface area contributed by atoms with Gasteiger partial charge >= 0.3 is 0 Å². The van der Waals surface area contributed by atoms with Crippen LogP contribution in [0.5, 0.6) is 5.75 Å². The van der Waals surface area contributed by atoms with Crippen LogP contribution in [-0.4, -0.2) is 33.0 Å². The lowest BCUT2D eigenvalue weighted by atomic mass is 10.0. The highest BCUT2D eigenvalue weighted by Gasteiger charge is 2.56. The molecule has 0 radical (unpaired) electrons. The number of methoxy groups -OCH3 is 1. The van der Waals surface area contributed by atoms with Crippen molar-refractivity contribution in [3.05, 3.63) is 54.7 Å². The van der Waals surface area contributed by atoms with Gasteiger partial charge in [0.05, 0.1) is 17.5 Å². The topological polar surface area (TPSA) is 68.3 Å². The number of alkyl halides is 2. The molecule has 0 bridgehead atoms. The summed E-state index contributed by atoms with van der Waals surface area (Å²) in [4.78, 5) is 4.38. The van der Waals surface area contributed by atoms with Gasteiger partial charge in [-0.3, -0.25) is 4.98 Å². The lowest BCUT2D eigenvalue weighted by Gasteiger charge is -2.12. The van der Waals surface area contributed by atoms with Crippen LogP contribution in [0.1, 0.15) is 6.42 Å². The Hall–Kier alpha value is -2.58. The standard InChI is InChI=1S/C20H18F2N2O3S/c1-27-19-9-16(28(25,26)24-12-15-10-20(15,21)22)6-7-17(19)14-8-13-4-2-3-5-18(13)23-11-14/h2-9,11,15,24H,10,12H2,1H3. The van der Waals surface area contributed by atoms with Crippen LogP contribution in [0.2, 0.25) is 0 Å². The molecule has 0 spiro atoms. The highest BCUT2D eigenvalue weighted by Crippen LogP contribution is 2.48. The molecule has 0 aliphatic heterocycles. The van der Waals surface area contributed by atoms with Gasteiger partial charge in [0.25, 0.3) is 5.92 Å². The Kier molecular flexibility index (Phi) is 4.55. The molecule has 0 saturated heterocycles. The van der Waals surface area contributed by atoms with Crippen molar-refractivity contribution in [2.75, 3.05) is 13.7 Å². The maximum atomic E-state index is 13.0. The van der Waals surface area contributed by atoms with Gasteiger partial charge in [0, 0.05) is 47.7 Å². The fraction of sp³-hybridized carbons (Fsp3) is 0.250. The lowest BCUT2D eigenvalue weighted by molar-refractivity contribution is 0.0998. The summed E-state index contributed by atoms with van der Waals surface area (Å²) in [6, 6.07) is 14.1. The molecule has 1 aliphatic rings. The molecule has 1 N–H and O–H groups in total. The van der Waals surface area contributed by atoms with Crippen LogP contribution in [0.3, 0.4) is 0 Å². The van der Waals surface area contributed by atoms with Gasteiger partial charge in [-0.05, 0) is 24.3 Å². The van der Waals surface area contributed by atoms with E-state index in [0.717, 1.165) is 16.5 Å². The maximum Gasteiger partial charge on any atom is 0.252 e. The highest BCUT2D eigenvalue weighted by molar-refractivity contribution is 7.89. The van der Waals surface area contributed by atoms with Gasteiger partial charge in [-0.25, -0.2) is 21.9 Å². The maximum absolute atomic E-state index is 13.0. The fourth-order valence-corrected chi connectivity index (χ4v) is 4.18. The van der Waals surface area contributed by atoms with Crippen molar-refractivity contribution in [3.8, 4) is 16.9 Å². The SMILES string of the molecule is COc1cc(S(=O)(=O)NCC2CC2(F)F)ccc1-c1cnc2ccccc2c1. The largest absolute Gasteiger partial charge is 0.496 e. The fourth-order valence-electron chi connectivity index (χ4n) is 3.08. The Morgan fingerprint density at radius 1 is 1.21 bits per heavy atom. The number of pyridine rings is 1. The summed E-state index contributed by atoms with van der Waals surface area (Å²) in [6.45, 7) is -0.284. The third-order valence-corrected chi connectivity index (χ3v) is 6.28. The third-order valence-electron chi connectivity index (χ3n) is 4.86. The number of fused-ring (bicyclic) bond motifs is 1. The number of nitrogens with one attached hydrogen (secondary N) is 1. The predicted molar refractivity (Wildman–Crippen MR) is 102 cm³/mol. The molecule has 2 aromatic carbocycles. The van der Waals surface area contributed by atoms with Crippen molar-refractivity contribution in [2.45, 2.75) is 17.2 Å². The molecular weight excluding hydrogens is 386 g/mol. The number of para-hydroxylation sites is 1. The Balaban J connectivity index is 1.63. The van der Waals surface area contributed by atoms with Crippen LogP contribution in [0, 0.1) is 5.92 Å². The van der Waals surface area contributed by atoms with Gasteiger partial charge in [-0.15, -0.1) is 0 Å². The quantitative estimate of drug-likeness (QED) is 0.678. The Morgan fingerprint density at radius 3 is 2.68 bits per heavy atom. The minimum absolute atomic E-state index is 0.0363. The zero-order valence-corrected chi connectivity index (χ0v) is 15.8. The number of hydrogen-bond donors (Lipinski definition) is 1. The average molecular weight is 404 g/mol. The van der Waals surface area contributed by atoms with Crippen molar-refractivity contribution in [3.63, 3.8) is 0 Å². The van der Waals surface area contributed by atoms with Crippen LogP contribution in [0.4, 0.5) is 8.78 Å². The van der Waals surface area contributed by atoms with Crippen LogP contribution in [-0.2, 0) is 10.0 Å². The van der Waals surface area contributed by atoms with E-state index < -0.39 is 21.9 Å². The number of hydrogen-bond acceptors (Lipinski definition) is 4. The van der Waals surface area contributed by atoms with E-state index >= 15 is 0 Å². The smallest absolute Gasteiger partial charge is 0.252 e. The van der Waals surface area contributed by atoms with Gasteiger partial charge in [-0.2, -0.15) is 0 Å². The normalized spacial score (nSPS) is 18.2. The van der Waals surface area contributed by atoms with Crippen LogP contribution >= 0.6 is 0 Å². The van der Waals surface area contributed by atoms with Crippen LogP contribution in [0.25, 0.3) is 22.0 Å². The summed E-state index contributed by atoms with van der Waals surface area (Å²) in [5, 5.41) is 0.950. The summed E-state index contributed by atoms with van der Waals surface area (Å²) in [7, 11) is -2.46. The zero-order valence-electron chi connectivity index (χ0n) is 15.0. The molecule has 1 fully saturated rings. The summed E-state index contributed by atoms with van der Waals surface area (Å²) >= 11 is 0. The molecule has 3 aromatic rings. The molecule has 1 aromatic heterocycles. The molecule has 1 saturated carbocycles. The second kappa shape index (κ2) is 6.79. The van der Waals surface area contributed by atoms with E-state index in [1.54, 1.807) is 12.3 Å². The Morgan fingerprint density at radius 2 is 1.96 bits per heavy atom. The molecule has 1 atom stereocenters. The van der Waals surface area contributed by atoms with E-state index in [4.69, 9.17) is 4.74 Å². The summed E-state index contributed by atoms with van der Waals surface area (Å²) in [5.41, 5.74) is 2.32. The molecule has 1 heterocycles. The highest BCUT2D eigenvalue weighted by atomic mass is 32.2. The van der Waals surface area contributed by atoms with Crippen molar-refractivity contribution in [1.82, 2.24) is 9.71 Å². The molecule has 28 heavy (non-hydrogen) atoms. The summed E-state index contributed by atoms with van der Waals surface area (Å²) in [5.74, 6) is -3.35. The summed E-state index contributed by atoms with van der Waals surface area (Å²) in [6.07, 6.45) is 1.41. The predicted octanol–water partition coefficient (Wildman–Crippen LogP) is 3.84. The van der Waals surface area contributed by atoms with Crippen molar-refractivity contribution < 1.29 is 21.9 Å². The average Bonchev–Trinajstić information content (AvgIpc) is 3.32. The Bertz CT molecular complexity index is 1150. The van der Waals surface area contributed by atoms with Gasteiger partial charge in [0.2, 0.25) is 10.0 Å². The first-order chi connectivity index (χ1) is 13.3. The first-order valence-electron chi connectivity index (χ1n) is 8.71. The number of ether oxygens (including phenoxy) is 1. The van der Waals surface area contributed by atoms with Crippen molar-refractivity contribution in [2.24, 2.45) is 5.92 Å². The van der Waals surface area contributed by atoms with E-state index in [1.165, 1.54) is 19.2 Å². The van der Waals surface area contributed by atoms with Gasteiger partial charge in [0.15, 0.2) is 0 Å². The van der Waals surface area contributed by atoms with Crippen LogP contribution < -0.4 is 9.46 Å². The molecule has 1 unspecified atom stereocenters. The third kappa shape index (κ3) is 3.57. The lowest BCUT2D eigenvalue weighted by Crippen LogP contribution is -2.27. The minimum atomic E-state index is -3.91. The molecule has 0 amide bonds. The van der Waals surface area contributed by atoms with E-state index in [-0.39, 0.29) is 17.9 Å². The molecule has 4 rings (SSSR count). The van der Waals surface area contributed by atoms with E-state index in [2.05, 4.69) is 9.71 Å². The Labute approximate surface area is 161 Å². The summed E-state index contributed by atoms with van der Waals surface area (Å²) < 4.78 is 58.5. The van der Waals surface area contributed by atoms with Gasteiger partial charge in [-0.1, -0.05) is 18.2 Å². The van der Waals surface area contributed by atoms with Crippen molar-refractivity contribution in [1.29, 1.82) is 0 Å². The molecule has 8 heteroatoms. The number of nitrogens with zero attached hydrogens (tertiary/aromatic N) is 1. The van der Waals surface area contributed by atoms with E-state index in [0.29, 0.717) is 11.3 Å². The number of sulfonamides is 1. The van der Waals surface area contributed by atoms with Crippen LogP contribution in [0.15, 0.2) is 59.6 Å². The van der Waals surface area contributed by atoms with E-state index in [1.807, 2.05) is 30.3 Å². The van der Waals surface area contributed by atoms with Gasteiger partial charge in [0.1, 0.15) is 5.75 Å². The molecule has 5 nitrogen and oxygen atoms in total. The second-order valence-corrected chi connectivity index (χ2v) is 8.56. The number of halogens is 2. The first kappa shape index (κ1) is 18.8. The molecule has 1 aliphatic carbocycles. The molecular formula is C20H18F2N2O3S. The minimum Gasteiger partial charge on any atom is -0.496 e. The first-order valence-corrected chi connectivity index (χ1v) is 10.2. The zero-order chi connectivity index (χ0) is 19.9. The number of rotatable bonds is 6. The number of aromatic nitrogens is 1. The van der Waals surface area contributed by atoms with Crippen molar-refractivity contribution >= 4 is 20.9 Å². The number of benzene rings is 2.